The van der Waals surface area contributed by atoms with Gasteiger partial charge in [0.25, 0.3) is 0 Å². The van der Waals surface area contributed by atoms with Gasteiger partial charge in [-0.25, -0.2) is 12.8 Å². The predicted octanol–water partition coefficient (Wildman–Crippen LogP) is 4.88. The fourth-order valence-corrected chi connectivity index (χ4v) is 5.18. The normalized spacial score (nSPS) is 11.5. The van der Waals surface area contributed by atoms with E-state index in [4.69, 9.17) is 11.6 Å². The Labute approximate surface area is 178 Å². The van der Waals surface area contributed by atoms with Gasteiger partial charge in [0.05, 0.1) is 10.6 Å². The molecule has 3 rings (SSSR count). The van der Waals surface area contributed by atoms with Gasteiger partial charge in [-0.15, -0.1) is 16.8 Å². The van der Waals surface area contributed by atoms with Gasteiger partial charge in [-0.2, -0.15) is 0 Å². The second-order valence-electron chi connectivity index (χ2n) is 6.19. The number of nitrogens with zero attached hydrogens (tertiary/aromatic N) is 3. The maximum absolute atomic E-state index is 13.0. The molecule has 0 aliphatic rings. The molecule has 29 heavy (non-hydrogen) atoms. The minimum Gasteiger partial charge on any atom is -0.298 e. The maximum atomic E-state index is 13.0. The quantitative estimate of drug-likeness (QED) is 0.201. The van der Waals surface area contributed by atoms with Crippen molar-refractivity contribution in [1.82, 2.24) is 14.8 Å². The Bertz CT molecular complexity index is 1080. The summed E-state index contributed by atoms with van der Waals surface area (Å²) in [5, 5.41) is 9.83. The van der Waals surface area contributed by atoms with Crippen LogP contribution in [0.1, 0.15) is 6.42 Å². The molecule has 0 unspecified atom stereocenters. The lowest BCUT2D eigenvalue weighted by atomic mass is 10.2. The number of aromatic nitrogens is 3. The fourth-order valence-electron chi connectivity index (χ4n) is 2.67. The van der Waals surface area contributed by atoms with E-state index in [1.807, 2.05) is 16.7 Å². The molecule has 5 nitrogen and oxygen atoms in total. The molecule has 0 fully saturated rings. The molecule has 152 valence electrons. The van der Waals surface area contributed by atoms with Crippen LogP contribution in [-0.2, 0) is 16.4 Å². The fraction of sp³-hybridized carbons (Fsp3) is 0.200. The summed E-state index contributed by atoms with van der Waals surface area (Å²) in [5.74, 6) is 0.766. The summed E-state index contributed by atoms with van der Waals surface area (Å²) in [6.07, 6.45) is 2.19. The second kappa shape index (κ2) is 9.56. The van der Waals surface area contributed by atoms with Gasteiger partial charge in [-0.1, -0.05) is 29.4 Å². The van der Waals surface area contributed by atoms with Gasteiger partial charge in [0.2, 0.25) is 0 Å². The maximum Gasteiger partial charge on any atom is 0.191 e. The van der Waals surface area contributed by atoms with Crippen LogP contribution in [0.25, 0.3) is 11.4 Å². The molecule has 0 spiro atoms. The third-order valence-electron chi connectivity index (χ3n) is 4.09. The van der Waals surface area contributed by atoms with Crippen LogP contribution in [0.4, 0.5) is 4.39 Å². The molecule has 0 saturated carbocycles. The van der Waals surface area contributed by atoms with E-state index in [9.17, 15) is 12.8 Å². The molecule has 0 bridgehead atoms. The Balaban J connectivity index is 1.65. The number of sulfone groups is 1. The van der Waals surface area contributed by atoms with Gasteiger partial charge in [0, 0.05) is 22.9 Å². The van der Waals surface area contributed by atoms with Crippen molar-refractivity contribution in [3.05, 3.63) is 72.0 Å². The molecule has 0 aliphatic carbocycles. The molecule has 0 amide bonds. The number of allylic oxidation sites excluding steroid dienone is 1. The van der Waals surface area contributed by atoms with Crippen molar-refractivity contribution >= 4 is 33.2 Å². The van der Waals surface area contributed by atoms with E-state index < -0.39 is 15.7 Å². The highest BCUT2D eigenvalue weighted by molar-refractivity contribution is 7.99. The Hall–Kier alpha value is -2.16. The number of hydrogen-bond acceptors (Lipinski definition) is 5. The number of thioether (sulfide) groups is 1. The first-order valence-corrected chi connectivity index (χ1v) is 11.8. The number of halogens is 2. The van der Waals surface area contributed by atoms with E-state index in [1.165, 1.54) is 23.9 Å². The van der Waals surface area contributed by atoms with Gasteiger partial charge in [-0.05, 0) is 55.0 Å². The highest BCUT2D eigenvalue weighted by Gasteiger charge is 2.16. The number of benzene rings is 2. The molecule has 1 aromatic heterocycles. The minimum absolute atomic E-state index is 0.0226. The van der Waals surface area contributed by atoms with Crippen LogP contribution in [0.3, 0.4) is 0 Å². The van der Waals surface area contributed by atoms with Crippen molar-refractivity contribution in [1.29, 1.82) is 0 Å². The van der Waals surface area contributed by atoms with Crippen molar-refractivity contribution in [3.8, 4) is 11.4 Å². The molecule has 1 heterocycles. The molecular formula is C20H19ClFN3O2S2. The van der Waals surface area contributed by atoms with E-state index in [0.717, 1.165) is 17.7 Å². The molecule has 0 saturated heterocycles. The van der Waals surface area contributed by atoms with Crippen molar-refractivity contribution in [2.75, 3.05) is 11.5 Å². The van der Waals surface area contributed by atoms with Crippen molar-refractivity contribution in [3.63, 3.8) is 0 Å². The zero-order chi connectivity index (χ0) is 20.9. The predicted molar refractivity (Wildman–Crippen MR) is 114 cm³/mol. The summed E-state index contributed by atoms with van der Waals surface area (Å²) in [5.41, 5.74) is 0.884. The first-order chi connectivity index (χ1) is 13.9. The molecule has 0 N–H and O–H groups in total. The average Bonchev–Trinajstić information content (AvgIpc) is 3.09. The summed E-state index contributed by atoms with van der Waals surface area (Å²) in [6, 6.07) is 12.2. The summed E-state index contributed by atoms with van der Waals surface area (Å²) < 4.78 is 39.6. The average molecular weight is 452 g/mol. The highest BCUT2D eigenvalue weighted by atomic mass is 35.5. The van der Waals surface area contributed by atoms with Gasteiger partial charge in [0.1, 0.15) is 5.82 Å². The van der Waals surface area contributed by atoms with Gasteiger partial charge in [-0.3, -0.25) is 4.57 Å². The lowest BCUT2D eigenvalue weighted by molar-refractivity contribution is 0.593. The van der Waals surface area contributed by atoms with Gasteiger partial charge in [0.15, 0.2) is 20.8 Å². The monoisotopic (exact) mass is 451 g/mol. The van der Waals surface area contributed by atoms with E-state index in [-0.39, 0.29) is 10.6 Å². The van der Waals surface area contributed by atoms with Crippen LogP contribution in [-0.4, -0.2) is 34.7 Å². The van der Waals surface area contributed by atoms with Gasteiger partial charge >= 0.3 is 0 Å². The van der Waals surface area contributed by atoms with E-state index >= 15 is 0 Å². The molecule has 3 aromatic rings. The summed E-state index contributed by atoms with van der Waals surface area (Å²) in [7, 11) is -3.45. The number of hydrogen-bond donors (Lipinski definition) is 0. The Morgan fingerprint density at radius 1 is 1.10 bits per heavy atom. The van der Waals surface area contributed by atoms with Crippen molar-refractivity contribution in [2.45, 2.75) is 23.0 Å². The third kappa shape index (κ3) is 5.46. The summed E-state index contributed by atoms with van der Waals surface area (Å²) in [4.78, 5) is 0.128. The van der Waals surface area contributed by atoms with Crippen LogP contribution < -0.4 is 0 Å². The van der Waals surface area contributed by atoms with E-state index in [0.29, 0.717) is 34.7 Å². The Morgan fingerprint density at radius 3 is 2.45 bits per heavy atom. The molecule has 9 heteroatoms. The zero-order valence-electron chi connectivity index (χ0n) is 15.5. The Kier molecular flexibility index (Phi) is 7.10. The highest BCUT2D eigenvalue weighted by Crippen LogP contribution is 2.26. The van der Waals surface area contributed by atoms with E-state index in [2.05, 4.69) is 16.8 Å². The molecular weight excluding hydrogens is 433 g/mol. The first kappa shape index (κ1) is 21.5. The molecule has 0 aliphatic heterocycles. The number of rotatable bonds is 9. The zero-order valence-corrected chi connectivity index (χ0v) is 17.9. The molecule has 0 atom stereocenters. The van der Waals surface area contributed by atoms with Crippen LogP contribution in [0.15, 0.2) is 71.2 Å². The lowest BCUT2D eigenvalue weighted by Crippen LogP contribution is -2.08. The molecule has 0 radical (unpaired) electrons. The summed E-state index contributed by atoms with van der Waals surface area (Å²) in [6.45, 7) is 4.31. The SMILES string of the molecule is C=CCn1c(SCCCS(=O)(=O)c2ccc(F)cc2)nnc1-c1ccc(Cl)cc1. The van der Waals surface area contributed by atoms with E-state index in [1.54, 1.807) is 18.2 Å². The van der Waals surface area contributed by atoms with Crippen LogP contribution >= 0.6 is 23.4 Å². The van der Waals surface area contributed by atoms with Crippen LogP contribution in [0.2, 0.25) is 5.02 Å². The third-order valence-corrected chi connectivity index (χ3v) is 7.21. The van der Waals surface area contributed by atoms with Gasteiger partial charge < -0.3 is 0 Å². The van der Waals surface area contributed by atoms with Crippen molar-refractivity contribution in [2.24, 2.45) is 0 Å². The standard InChI is InChI=1S/C20H19ClFN3O2S2/c1-2-12-25-19(15-4-6-16(21)7-5-15)23-24-20(25)28-13-3-14-29(26,27)18-10-8-17(22)9-11-18/h2,4-11H,1,3,12-14H2. The smallest absolute Gasteiger partial charge is 0.191 e. The Morgan fingerprint density at radius 2 is 1.79 bits per heavy atom. The van der Waals surface area contributed by atoms with Crippen LogP contribution in [0, 0.1) is 5.82 Å². The van der Waals surface area contributed by atoms with Crippen LogP contribution in [0.5, 0.6) is 0 Å². The largest absolute Gasteiger partial charge is 0.298 e. The topological polar surface area (TPSA) is 64.8 Å². The first-order valence-electron chi connectivity index (χ1n) is 8.82. The lowest BCUT2D eigenvalue weighted by Gasteiger charge is -2.08. The second-order valence-corrected chi connectivity index (χ2v) is 9.79. The minimum atomic E-state index is -3.45. The molecule has 2 aromatic carbocycles. The van der Waals surface area contributed by atoms with Crippen molar-refractivity contribution < 1.29 is 12.8 Å². The summed E-state index contributed by atoms with van der Waals surface area (Å²) >= 11 is 7.38.